The zero-order chi connectivity index (χ0) is 18.4. The molecule has 1 atom stereocenters. The van der Waals surface area contributed by atoms with Crippen molar-refractivity contribution in [1.29, 1.82) is 0 Å². The van der Waals surface area contributed by atoms with Gasteiger partial charge in [-0.25, -0.2) is 0 Å². The lowest BCUT2D eigenvalue weighted by molar-refractivity contribution is -0.159. The van der Waals surface area contributed by atoms with E-state index in [-0.39, 0.29) is 5.97 Å². The molecule has 5 heteroatoms. The fraction of sp³-hybridized carbons (Fsp3) is 0.429. The second-order valence-corrected chi connectivity index (χ2v) is 7.42. The highest BCUT2D eigenvalue weighted by atomic mass is 35.5. The van der Waals surface area contributed by atoms with E-state index >= 15 is 0 Å². The maximum absolute atomic E-state index is 12.9. The van der Waals surface area contributed by atoms with Crippen molar-refractivity contribution in [3.05, 3.63) is 64.9 Å². The molecule has 0 radical (unpaired) electrons. The van der Waals surface area contributed by atoms with E-state index in [0.29, 0.717) is 24.6 Å². The summed E-state index contributed by atoms with van der Waals surface area (Å²) in [6.07, 6.45) is 6.12. The van der Waals surface area contributed by atoms with Gasteiger partial charge in [0.15, 0.2) is 0 Å². The van der Waals surface area contributed by atoms with Crippen molar-refractivity contribution >= 4 is 17.6 Å². The van der Waals surface area contributed by atoms with E-state index < -0.39 is 5.41 Å². The average Bonchev–Trinajstić information content (AvgIpc) is 2.63. The monoisotopic (exact) mass is 372 g/mol. The van der Waals surface area contributed by atoms with Crippen LogP contribution in [0.3, 0.4) is 0 Å². The van der Waals surface area contributed by atoms with Crippen LogP contribution in [0.1, 0.15) is 30.9 Å². The summed E-state index contributed by atoms with van der Waals surface area (Å²) < 4.78 is 5.47. The first-order chi connectivity index (χ1) is 12.6. The first-order valence-corrected chi connectivity index (χ1v) is 9.52. The normalized spacial score (nSPS) is 20.7. The van der Waals surface area contributed by atoms with Crippen molar-refractivity contribution in [2.45, 2.75) is 32.7 Å². The molecule has 1 aromatic heterocycles. The number of carbonyl (C=O) groups excluding carboxylic acids is 1. The zero-order valence-electron chi connectivity index (χ0n) is 15.2. The van der Waals surface area contributed by atoms with Gasteiger partial charge in [0.05, 0.1) is 12.0 Å². The maximum Gasteiger partial charge on any atom is 0.313 e. The second-order valence-electron chi connectivity index (χ2n) is 6.98. The third-order valence-electron chi connectivity index (χ3n) is 4.92. The van der Waals surface area contributed by atoms with Crippen LogP contribution in [-0.2, 0) is 22.5 Å². The van der Waals surface area contributed by atoms with Crippen molar-refractivity contribution in [2.24, 2.45) is 5.41 Å². The highest BCUT2D eigenvalue weighted by Crippen LogP contribution is 2.36. The molecule has 1 aliphatic heterocycles. The first kappa shape index (κ1) is 18.9. The molecule has 0 saturated carbocycles. The molecule has 1 saturated heterocycles. The summed E-state index contributed by atoms with van der Waals surface area (Å²) in [5, 5.41) is 0.699. The third kappa shape index (κ3) is 4.63. The molecular formula is C21H25ClN2O2. The lowest BCUT2D eigenvalue weighted by Crippen LogP contribution is -2.49. The van der Waals surface area contributed by atoms with Crippen LogP contribution in [0, 0.1) is 5.41 Å². The fourth-order valence-electron chi connectivity index (χ4n) is 3.82. The van der Waals surface area contributed by atoms with E-state index in [2.05, 4.69) is 16.0 Å². The van der Waals surface area contributed by atoms with Gasteiger partial charge >= 0.3 is 5.97 Å². The Balaban J connectivity index is 1.81. The van der Waals surface area contributed by atoms with E-state index in [0.717, 1.165) is 37.1 Å². The zero-order valence-corrected chi connectivity index (χ0v) is 15.9. The van der Waals surface area contributed by atoms with Gasteiger partial charge < -0.3 is 4.74 Å². The quantitative estimate of drug-likeness (QED) is 0.715. The summed E-state index contributed by atoms with van der Waals surface area (Å²) in [6.45, 7) is 4.73. The van der Waals surface area contributed by atoms with Crippen LogP contribution in [0.25, 0.3) is 0 Å². The summed E-state index contributed by atoms with van der Waals surface area (Å²) in [7, 11) is 0. The minimum atomic E-state index is -0.527. The summed E-state index contributed by atoms with van der Waals surface area (Å²) in [5.41, 5.74) is 1.71. The highest BCUT2D eigenvalue weighted by Gasteiger charge is 2.43. The van der Waals surface area contributed by atoms with Crippen molar-refractivity contribution in [1.82, 2.24) is 9.88 Å². The molecule has 0 aliphatic carbocycles. The number of aromatic nitrogens is 1. The minimum absolute atomic E-state index is 0.101. The number of hydrogen-bond acceptors (Lipinski definition) is 4. The molecule has 26 heavy (non-hydrogen) atoms. The Morgan fingerprint density at radius 2 is 2.15 bits per heavy atom. The number of carbonyl (C=O) groups is 1. The molecule has 0 bridgehead atoms. The number of esters is 1. The van der Waals surface area contributed by atoms with Crippen LogP contribution in [0.4, 0.5) is 0 Å². The van der Waals surface area contributed by atoms with E-state index in [1.165, 1.54) is 0 Å². The molecule has 0 N–H and O–H groups in total. The van der Waals surface area contributed by atoms with Crippen LogP contribution in [0.2, 0.25) is 5.02 Å². The van der Waals surface area contributed by atoms with E-state index in [9.17, 15) is 4.79 Å². The Labute approximate surface area is 160 Å². The number of likely N-dealkylation sites (tertiary alicyclic amines) is 1. The second kappa shape index (κ2) is 8.65. The van der Waals surface area contributed by atoms with Crippen molar-refractivity contribution in [3.8, 4) is 0 Å². The molecule has 4 nitrogen and oxygen atoms in total. The Kier molecular flexibility index (Phi) is 6.28. The molecule has 0 spiro atoms. The van der Waals surface area contributed by atoms with Gasteiger partial charge in [0, 0.05) is 30.5 Å². The molecule has 0 amide bonds. The number of hydrogen-bond donors (Lipinski definition) is 0. The molecular weight excluding hydrogens is 348 g/mol. The van der Waals surface area contributed by atoms with Crippen molar-refractivity contribution in [3.63, 3.8) is 0 Å². The summed E-state index contributed by atoms with van der Waals surface area (Å²) in [5.74, 6) is -0.101. The molecule has 3 rings (SSSR count). The van der Waals surface area contributed by atoms with Crippen LogP contribution in [0.5, 0.6) is 0 Å². The van der Waals surface area contributed by atoms with Crippen molar-refractivity contribution < 1.29 is 9.53 Å². The molecule has 1 aromatic carbocycles. The summed E-state index contributed by atoms with van der Waals surface area (Å²) >= 11 is 6.15. The van der Waals surface area contributed by atoms with Crippen LogP contribution in [-0.4, -0.2) is 35.5 Å². The maximum atomic E-state index is 12.9. The first-order valence-electron chi connectivity index (χ1n) is 9.14. The largest absolute Gasteiger partial charge is 0.466 e. The van der Waals surface area contributed by atoms with Gasteiger partial charge in [0.2, 0.25) is 0 Å². The number of halogens is 1. The van der Waals surface area contributed by atoms with E-state index in [1.807, 2.05) is 43.5 Å². The average molecular weight is 373 g/mol. The van der Waals surface area contributed by atoms with Gasteiger partial charge in [-0.3, -0.25) is 14.7 Å². The Hall–Kier alpha value is -1.91. The van der Waals surface area contributed by atoms with Gasteiger partial charge in [0.1, 0.15) is 0 Å². The molecule has 2 aromatic rings. The SMILES string of the molecule is CCOC(=O)[C@@]1(Cc2cccc(Cl)c2)CCCN(Cc2cccnc2)C1. The van der Waals surface area contributed by atoms with Gasteiger partial charge in [-0.2, -0.15) is 0 Å². The fourth-order valence-corrected chi connectivity index (χ4v) is 4.03. The lowest BCUT2D eigenvalue weighted by Gasteiger charge is -2.41. The van der Waals surface area contributed by atoms with Gasteiger partial charge in [-0.05, 0) is 62.1 Å². The van der Waals surface area contributed by atoms with E-state index in [4.69, 9.17) is 16.3 Å². The Bertz CT molecular complexity index is 738. The molecule has 0 unspecified atom stereocenters. The molecule has 1 aliphatic rings. The van der Waals surface area contributed by atoms with Gasteiger partial charge in [0.25, 0.3) is 0 Å². The lowest BCUT2D eigenvalue weighted by atomic mass is 9.75. The topological polar surface area (TPSA) is 42.4 Å². The smallest absolute Gasteiger partial charge is 0.313 e. The number of nitrogens with zero attached hydrogens (tertiary/aromatic N) is 2. The number of benzene rings is 1. The number of rotatable bonds is 6. The Morgan fingerprint density at radius 1 is 1.31 bits per heavy atom. The van der Waals surface area contributed by atoms with Gasteiger partial charge in [-0.15, -0.1) is 0 Å². The van der Waals surface area contributed by atoms with E-state index in [1.54, 1.807) is 6.20 Å². The predicted molar refractivity (Wildman–Crippen MR) is 103 cm³/mol. The molecule has 1 fully saturated rings. The summed E-state index contributed by atoms with van der Waals surface area (Å²) in [4.78, 5) is 19.4. The van der Waals surface area contributed by atoms with Crippen LogP contribution < -0.4 is 0 Å². The predicted octanol–water partition coefficient (Wildman–Crippen LogP) is 4.12. The number of piperidine rings is 1. The molecule has 2 heterocycles. The Morgan fingerprint density at radius 3 is 2.88 bits per heavy atom. The minimum Gasteiger partial charge on any atom is -0.466 e. The third-order valence-corrected chi connectivity index (χ3v) is 5.16. The summed E-state index contributed by atoms with van der Waals surface area (Å²) in [6, 6.07) is 11.8. The number of ether oxygens (including phenoxy) is 1. The van der Waals surface area contributed by atoms with Crippen LogP contribution in [0.15, 0.2) is 48.8 Å². The van der Waals surface area contributed by atoms with Crippen molar-refractivity contribution in [2.75, 3.05) is 19.7 Å². The standard InChI is InChI=1S/C21H25ClN2O2/c1-2-26-20(25)21(13-17-6-3-8-19(22)12-17)9-5-11-24(16-21)15-18-7-4-10-23-14-18/h3-4,6-8,10,12,14H,2,5,9,11,13,15-16H2,1H3/t21-/m1/s1. The molecule has 138 valence electrons. The highest BCUT2D eigenvalue weighted by molar-refractivity contribution is 6.30. The number of pyridine rings is 1. The van der Waals surface area contributed by atoms with Gasteiger partial charge in [-0.1, -0.05) is 29.8 Å². The van der Waals surface area contributed by atoms with Crippen LogP contribution >= 0.6 is 11.6 Å².